The van der Waals surface area contributed by atoms with Crippen LogP contribution in [0.3, 0.4) is 0 Å². The number of hydrogen-bond acceptors (Lipinski definition) is 10. The fourth-order valence-electron chi connectivity index (χ4n) is 1.87. The molecule has 0 radical (unpaired) electrons. The molecular formula is C13H16N6OS3. The molecule has 0 saturated heterocycles. The maximum atomic E-state index is 9.24. The van der Waals surface area contributed by atoms with E-state index in [1.807, 2.05) is 19.2 Å². The Morgan fingerprint density at radius 2 is 2.17 bits per heavy atom. The van der Waals surface area contributed by atoms with Gasteiger partial charge in [-0.1, -0.05) is 23.1 Å². The third kappa shape index (κ3) is 3.89. The Hall–Kier alpha value is -1.49. The summed E-state index contributed by atoms with van der Waals surface area (Å²) in [7, 11) is 0. The van der Waals surface area contributed by atoms with Gasteiger partial charge in [-0.3, -0.25) is 0 Å². The average Bonchev–Trinajstić information content (AvgIpc) is 3.10. The number of nitrogens with zero attached hydrogens (tertiary/aromatic N) is 4. The van der Waals surface area contributed by atoms with E-state index in [-0.39, 0.29) is 12.6 Å². The largest absolute Gasteiger partial charge is 0.394 e. The summed E-state index contributed by atoms with van der Waals surface area (Å²) in [6, 6.07) is -0.115. The van der Waals surface area contributed by atoms with Crippen LogP contribution in [0.15, 0.2) is 10.5 Å². The second kappa shape index (κ2) is 6.95. The van der Waals surface area contributed by atoms with Crippen LogP contribution in [0.4, 0.5) is 10.9 Å². The molecule has 0 aliphatic rings. The lowest BCUT2D eigenvalue weighted by atomic mass is 10.3. The summed E-state index contributed by atoms with van der Waals surface area (Å²) in [4.78, 5) is 17.7. The molecule has 1 unspecified atom stereocenters. The molecule has 3 heterocycles. The van der Waals surface area contributed by atoms with Crippen molar-refractivity contribution in [2.75, 3.05) is 17.7 Å². The van der Waals surface area contributed by atoms with Crippen LogP contribution < -0.4 is 11.1 Å². The molecule has 122 valence electrons. The third-order valence-electron chi connectivity index (χ3n) is 2.92. The number of aliphatic hydroxyl groups excluding tert-OH is 1. The summed E-state index contributed by atoms with van der Waals surface area (Å²) in [5.41, 5.74) is 7.37. The topological polar surface area (TPSA) is 110 Å². The van der Waals surface area contributed by atoms with Crippen molar-refractivity contribution in [2.24, 2.45) is 0 Å². The normalized spacial score (nSPS) is 12.7. The van der Waals surface area contributed by atoms with Crippen LogP contribution in [0.1, 0.15) is 17.6 Å². The first-order chi connectivity index (χ1) is 11.0. The molecule has 1 atom stereocenters. The van der Waals surface area contributed by atoms with E-state index < -0.39 is 0 Å². The summed E-state index contributed by atoms with van der Waals surface area (Å²) in [6.45, 7) is 3.88. The number of anilines is 2. The Morgan fingerprint density at radius 3 is 2.87 bits per heavy atom. The van der Waals surface area contributed by atoms with Crippen LogP contribution in [0.5, 0.6) is 0 Å². The zero-order valence-electron chi connectivity index (χ0n) is 12.6. The van der Waals surface area contributed by atoms with E-state index in [9.17, 15) is 5.11 Å². The van der Waals surface area contributed by atoms with Crippen LogP contribution in [0, 0.1) is 6.92 Å². The summed E-state index contributed by atoms with van der Waals surface area (Å²) < 4.78 is 0.802. The number of thiazole rings is 2. The minimum Gasteiger partial charge on any atom is -0.394 e. The molecular weight excluding hydrogens is 352 g/mol. The highest BCUT2D eigenvalue weighted by atomic mass is 32.2. The van der Waals surface area contributed by atoms with Crippen LogP contribution in [-0.2, 0) is 5.75 Å². The first-order valence-corrected chi connectivity index (χ1v) is 9.58. The molecule has 23 heavy (non-hydrogen) atoms. The molecule has 7 nitrogen and oxygen atoms in total. The van der Waals surface area contributed by atoms with Crippen LogP contribution >= 0.6 is 34.4 Å². The van der Waals surface area contributed by atoms with Gasteiger partial charge in [-0.15, -0.1) is 11.3 Å². The number of thioether (sulfide) groups is 1. The van der Waals surface area contributed by atoms with E-state index >= 15 is 0 Å². The van der Waals surface area contributed by atoms with Crippen molar-refractivity contribution >= 4 is 55.7 Å². The lowest BCUT2D eigenvalue weighted by molar-refractivity contribution is 0.281. The van der Waals surface area contributed by atoms with E-state index in [4.69, 9.17) is 5.73 Å². The first kappa shape index (κ1) is 16.4. The minimum absolute atomic E-state index is 0.0142. The Labute approximate surface area is 145 Å². The molecule has 0 aliphatic carbocycles. The van der Waals surface area contributed by atoms with Gasteiger partial charge in [-0.25, -0.2) is 19.9 Å². The van der Waals surface area contributed by atoms with Gasteiger partial charge in [0, 0.05) is 17.2 Å². The quantitative estimate of drug-likeness (QED) is 0.450. The number of nitrogens with two attached hydrogens (primary N) is 1. The zero-order valence-corrected chi connectivity index (χ0v) is 15.1. The molecule has 10 heteroatoms. The predicted octanol–water partition coefficient (Wildman–Crippen LogP) is 2.52. The van der Waals surface area contributed by atoms with Gasteiger partial charge in [0.15, 0.2) is 21.8 Å². The molecule has 0 aromatic carbocycles. The van der Waals surface area contributed by atoms with Gasteiger partial charge in [0.25, 0.3) is 0 Å². The summed E-state index contributed by atoms with van der Waals surface area (Å²) in [5, 5.41) is 16.6. The van der Waals surface area contributed by atoms with E-state index in [0.717, 1.165) is 15.4 Å². The van der Waals surface area contributed by atoms with Gasteiger partial charge in [0.05, 0.1) is 17.3 Å². The Bertz CT molecular complexity index is 817. The highest BCUT2D eigenvalue weighted by molar-refractivity contribution is 7.98. The number of hydrogen-bond donors (Lipinski definition) is 3. The number of nitrogen functional groups attached to an aromatic ring is 1. The smallest absolute Gasteiger partial charge is 0.192 e. The lowest BCUT2D eigenvalue weighted by Gasteiger charge is -2.12. The second-order valence-corrected chi connectivity index (χ2v) is 7.97. The zero-order chi connectivity index (χ0) is 16.4. The van der Waals surface area contributed by atoms with Crippen molar-refractivity contribution in [1.29, 1.82) is 0 Å². The van der Waals surface area contributed by atoms with Gasteiger partial charge in [-0.05, 0) is 13.8 Å². The maximum Gasteiger partial charge on any atom is 0.192 e. The highest BCUT2D eigenvalue weighted by Gasteiger charge is 2.14. The number of fused-ring (bicyclic) bond motifs is 1. The van der Waals surface area contributed by atoms with Gasteiger partial charge in [0.2, 0.25) is 0 Å². The molecule has 0 fully saturated rings. The number of rotatable bonds is 6. The molecule has 0 bridgehead atoms. The van der Waals surface area contributed by atoms with E-state index in [1.54, 1.807) is 11.3 Å². The Balaban J connectivity index is 1.87. The van der Waals surface area contributed by atoms with E-state index in [2.05, 4.69) is 25.3 Å². The fraction of sp³-hybridized carbons (Fsp3) is 0.385. The number of aromatic nitrogens is 4. The summed E-state index contributed by atoms with van der Waals surface area (Å²) in [5.74, 6) is 1.35. The van der Waals surface area contributed by atoms with Crippen molar-refractivity contribution < 1.29 is 5.11 Å². The maximum absolute atomic E-state index is 9.24. The number of nitrogens with one attached hydrogen (secondary N) is 1. The van der Waals surface area contributed by atoms with Crippen molar-refractivity contribution in [3.8, 4) is 0 Å². The first-order valence-electron chi connectivity index (χ1n) is 6.90. The van der Waals surface area contributed by atoms with Crippen molar-refractivity contribution in [1.82, 2.24) is 19.9 Å². The van der Waals surface area contributed by atoms with E-state index in [1.165, 1.54) is 23.1 Å². The third-order valence-corrected chi connectivity index (χ3v) is 5.51. The standard InChI is InChI=1S/C13H16N6OS3/c1-6(3-20)15-10-9-11(17-12(14)23-9)19-13(18-10)22-5-8-4-21-7(2)16-8/h4,6,20H,3,5H2,1-2H3,(H3,14,15,17,18,19). The predicted molar refractivity (Wildman–Crippen MR) is 96.2 cm³/mol. The molecule has 0 aliphatic heterocycles. The molecule has 0 saturated carbocycles. The fourth-order valence-corrected chi connectivity index (χ4v) is 4.05. The van der Waals surface area contributed by atoms with Gasteiger partial charge < -0.3 is 16.2 Å². The summed E-state index contributed by atoms with van der Waals surface area (Å²) in [6.07, 6.45) is 0. The average molecular weight is 369 g/mol. The molecule has 3 aromatic rings. The monoisotopic (exact) mass is 368 g/mol. The molecule has 0 amide bonds. The SMILES string of the molecule is Cc1nc(CSc2nc(NC(C)CO)c3sc(N)nc3n2)cs1. The molecule has 4 N–H and O–H groups in total. The van der Waals surface area contributed by atoms with Crippen LogP contribution in [0.2, 0.25) is 0 Å². The minimum atomic E-state index is -0.115. The highest BCUT2D eigenvalue weighted by Crippen LogP contribution is 2.31. The molecule has 3 rings (SSSR count). The van der Waals surface area contributed by atoms with Crippen molar-refractivity contribution in [3.05, 3.63) is 16.1 Å². The molecule has 0 spiro atoms. The second-order valence-electron chi connectivity index (χ2n) is 4.93. The molecule has 3 aromatic heterocycles. The lowest BCUT2D eigenvalue weighted by Crippen LogP contribution is -2.20. The van der Waals surface area contributed by atoms with Crippen LogP contribution in [-0.4, -0.2) is 37.7 Å². The van der Waals surface area contributed by atoms with Crippen LogP contribution in [0.25, 0.3) is 10.3 Å². The number of aliphatic hydroxyl groups is 1. The van der Waals surface area contributed by atoms with Gasteiger partial charge in [-0.2, -0.15) is 0 Å². The number of aryl methyl sites for hydroxylation is 1. The van der Waals surface area contributed by atoms with E-state index in [0.29, 0.717) is 27.5 Å². The van der Waals surface area contributed by atoms with Gasteiger partial charge >= 0.3 is 0 Å². The summed E-state index contributed by atoms with van der Waals surface area (Å²) >= 11 is 4.47. The Kier molecular flexibility index (Phi) is 4.95. The van der Waals surface area contributed by atoms with Crippen molar-refractivity contribution in [3.63, 3.8) is 0 Å². The van der Waals surface area contributed by atoms with Crippen molar-refractivity contribution in [2.45, 2.75) is 30.8 Å². The Morgan fingerprint density at radius 1 is 1.35 bits per heavy atom. The van der Waals surface area contributed by atoms with Gasteiger partial charge in [0.1, 0.15) is 4.70 Å².